The molecule has 4 heteroatoms. The van der Waals surface area contributed by atoms with Gasteiger partial charge in [-0.2, -0.15) is 0 Å². The minimum atomic E-state index is -0.487. The molecule has 0 amide bonds. The zero-order valence-corrected chi connectivity index (χ0v) is 18.8. The second-order valence-corrected chi connectivity index (χ2v) is 7.92. The third kappa shape index (κ3) is 21.2. The van der Waals surface area contributed by atoms with Gasteiger partial charge in [0.05, 0.1) is 13.2 Å². The number of esters is 2. The Morgan fingerprint density at radius 1 is 0.464 bits per heavy atom. The summed E-state index contributed by atoms with van der Waals surface area (Å²) in [6.07, 6.45) is 21.7. The molecule has 0 saturated heterocycles. The zero-order chi connectivity index (χ0) is 20.7. The molecule has 0 saturated carbocycles. The highest BCUT2D eigenvalue weighted by atomic mass is 16.6. The van der Waals surface area contributed by atoms with Crippen molar-refractivity contribution in [3.05, 3.63) is 0 Å². The molecule has 28 heavy (non-hydrogen) atoms. The number of hydrogen-bond donors (Lipinski definition) is 0. The van der Waals surface area contributed by atoms with Crippen LogP contribution in [0, 0.1) is 0 Å². The highest BCUT2D eigenvalue weighted by molar-refractivity contribution is 5.91. The maximum atomic E-state index is 11.5. The molecule has 0 atom stereocenters. The van der Waals surface area contributed by atoms with Gasteiger partial charge in [-0.05, 0) is 12.8 Å². The van der Waals surface area contributed by atoms with Gasteiger partial charge in [0, 0.05) is 0 Å². The van der Waals surface area contributed by atoms with Crippen LogP contribution >= 0.6 is 0 Å². The Morgan fingerprint density at radius 3 is 1.21 bits per heavy atom. The lowest BCUT2D eigenvalue weighted by Crippen LogP contribution is -2.14. The van der Waals surface area contributed by atoms with Crippen LogP contribution in [-0.2, 0) is 19.1 Å². The Labute approximate surface area is 174 Å². The van der Waals surface area contributed by atoms with Crippen molar-refractivity contribution >= 4 is 11.9 Å². The largest absolute Gasteiger partial charge is 0.465 e. The minimum absolute atomic E-state index is 0.265. The summed E-state index contributed by atoms with van der Waals surface area (Å²) in [5.74, 6) is -0.958. The molecule has 0 unspecified atom stereocenters. The van der Waals surface area contributed by atoms with Crippen LogP contribution in [0.25, 0.3) is 0 Å². The van der Waals surface area contributed by atoms with E-state index in [0.717, 1.165) is 19.3 Å². The first kappa shape index (κ1) is 26.9. The average molecular weight is 399 g/mol. The van der Waals surface area contributed by atoms with Gasteiger partial charge in [0.15, 0.2) is 0 Å². The standard InChI is InChI=1S/C24H46O4/c1-3-5-6-7-8-9-10-11-12-13-14-15-16-17-18-19-21-28-24(26)22-23(25)27-20-4-2/h3-22H2,1-2H3. The van der Waals surface area contributed by atoms with Gasteiger partial charge in [0.1, 0.15) is 6.42 Å². The smallest absolute Gasteiger partial charge is 0.317 e. The van der Waals surface area contributed by atoms with E-state index >= 15 is 0 Å². The Hall–Kier alpha value is -1.06. The van der Waals surface area contributed by atoms with Gasteiger partial charge < -0.3 is 9.47 Å². The highest BCUT2D eigenvalue weighted by Gasteiger charge is 2.11. The van der Waals surface area contributed by atoms with Gasteiger partial charge in [-0.3, -0.25) is 9.59 Å². The number of ether oxygens (including phenoxy) is 2. The van der Waals surface area contributed by atoms with E-state index < -0.39 is 11.9 Å². The molecule has 0 rings (SSSR count). The molecule has 0 spiro atoms. The van der Waals surface area contributed by atoms with E-state index in [4.69, 9.17) is 9.47 Å². The summed E-state index contributed by atoms with van der Waals surface area (Å²) in [6.45, 7) is 4.97. The van der Waals surface area contributed by atoms with Crippen LogP contribution in [0.5, 0.6) is 0 Å². The lowest BCUT2D eigenvalue weighted by atomic mass is 10.0. The number of rotatable bonds is 21. The lowest BCUT2D eigenvalue weighted by molar-refractivity contribution is -0.154. The topological polar surface area (TPSA) is 52.6 Å². The fourth-order valence-corrected chi connectivity index (χ4v) is 3.27. The van der Waals surface area contributed by atoms with E-state index in [9.17, 15) is 9.59 Å². The van der Waals surface area contributed by atoms with Crippen molar-refractivity contribution in [1.29, 1.82) is 0 Å². The molecule has 0 N–H and O–H groups in total. The molecule has 0 bridgehead atoms. The predicted molar refractivity (Wildman–Crippen MR) is 116 cm³/mol. The third-order valence-corrected chi connectivity index (χ3v) is 5.02. The summed E-state index contributed by atoms with van der Waals surface area (Å²) >= 11 is 0. The monoisotopic (exact) mass is 398 g/mol. The molecule has 0 aromatic rings. The van der Waals surface area contributed by atoms with E-state index in [2.05, 4.69) is 6.92 Å². The first-order valence-electron chi connectivity index (χ1n) is 12.0. The molecule has 0 heterocycles. The lowest BCUT2D eigenvalue weighted by Gasteiger charge is -2.05. The Morgan fingerprint density at radius 2 is 0.821 bits per heavy atom. The molecular formula is C24H46O4. The van der Waals surface area contributed by atoms with Crippen molar-refractivity contribution in [1.82, 2.24) is 0 Å². The van der Waals surface area contributed by atoms with E-state index in [1.165, 1.54) is 89.9 Å². The second kappa shape index (κ2) is 22.2. The molecule has 0 aliphatic carbocycles. The zero-order valence-electron chi connectivity index (χ0n) is 18.8. The van der Waals surface area contributed by atoms with Crippen LogP contribution in [0.15, 0.2) is 0 Å². The molecule has 0 aliphatic rings. The normalized spacial score (nSPS) is 10.8. The number of hydrogen-bond acceptors (Lipinski definition) is 4. The first-order chi connectivity index (χ1) is 13.7. The van der Waals surface area contributed by atoms with Crippen molar-refractivity contribution in [2.75, 3.05) is 13.2 Å². The van der Waals surface area contributed by atoms with Crippen LogP contribution < -0.4 is 0 Å². The van der Waals surface area contributed by atoms with Crippen molar-refractivity contribution < 1.29 is 19.1 Å². The van der Waals surface area contributed by atoms with Crippen LogP contribution in [0.1, 0.15) is 129 Å². The van der Waals surface area contributed by atoms with Crippen LogP contribution in [-0.4, -0.2) is 25.2 Å². The molecule has 0 fully saturated rings. The predicted octanol–water partition coefficient (Wildman–Crippen LogP) is 7.13. The van der Waals surface area contributed by atoms with Gasteiger partial charge in [0.2, 0.25) is 0 Å². The first-order valence-corrected chi connectivity index (χ1v) is 12.0. The number of carbonyl (C=O) groups excluding carboxylic acids is 2. The van der Waals surface area contributed by atoms with Gasteiger partial charge in [0.25, 0.3) is 0 Å². The van der Waals surface area contributed by atoms with E-state index in [0.29, 0.717) is 13.2 Å². The van der Waals surface area contributed by atoms with Gasteiger partial charge >= 0.3 is 11.9 Å². The van der Waals surface area contributed by atoms with Gasteiger partial charge in [-0.15, -0.1) is 0 Å². The summed E-state index contributed by atoms with van der Waals surface area (Å²) in [7, 11) is 0. The molecule has 4 nitrogen and oxygen atoms in total. The number of carbonyl (C=O) groups is 2. The molecular weight excluding hydrogens is 352 g/mol. The fourth-order valence-electron chi connectivity index (χ4n) is 3.27. The highest BCUT2D eigenvalue weighted by Crippen LogP contribution is 2.13. The number of unbranched alkanes of at least 4 members (excludes halogenated alkanes) is 15. The van der Waals surface area contributed by atoms with E-state index in [1.807, 2.05) is 6.92 Å². The van der Waals surface area contributed by atoms with Crippen molar-refractivity contribution in [2.45, 2.75) is 129 Å². The average Bonchev–Trinajstić information content (AvgIpc) is 2.68. The Kier molecular flexibility index (Phi) is 21.4. The summed E-state index contributed by atoms with van der Waals surface area (Å²) in [5.41, 5.74) is 0. The van der Waals surface area contributed by atoms with Gasteiger partial charge in [-0.25, -0.2) is 0 Å². The minimum Gasteiger partial charge on any atom is -0.465 e. The van der Waals surface area contributed by atoms with E-state index in [1.54, 1.807) is 0 Å². The Balaban J connectivity index is 3.17. The maximum Gasteiger partial charge on any atom is 0.317 e. The van der Waals surface area contributed by atoms with Crippen LogP contribution in [0.2, 0.25) is 0 Å². The van der Waals surface area contributed by atoms with E-state index in [-0.39, 0.29) is 6.42 Å². The second-order valence-electron chi connectivity index (χ2n) is 7.92. The van der Waals surface area contributed by atoms with Crippen LogP contribution in [0.3, 0.4) is 0 Å². The van der Waals surface area contributed by atoms with Crippen molar-refractivity contribution in [3.63, 3.8) is 0 Å². The molecule has 0 aromatic carbocycles. The van der Waals surface area contributed by atoms with Gasteiger partial charge in [-0.1, -0.05) is 110 Å². The third-order valence-electron chi connectivity index (χ3n) is 5.02. The molecule has 0 aromatic heterocycles. The molecule has 0 radical (unpaired) electrons. The fraction of sp³-hybridized carbons (Fsp3) is 0.917. The quantitative estimate of drug-likeness (QED) is 0.117. The maximum absolute atomic E-state index is 11.5. The summed E-state index contributed by atoms with van der Waals surface area (Å²) < 4.78 is 9.93. The van der Waals surface area contributed by atoms with Crippen molar-refractivity contribution in [2.24, 2.45) is 0 Å². The Bertz CT molecular complexity index is 355. The summed E-state index contributed by atoms with van der Waals surface area (Å²) in [4.78, 5) is 22.7. The molecule has 166 valence electrons. The SMILES string of the molecule is CCCCCCCCCCCCCCCCCCOC(=O)CC(=O)OCCC. The molecule has 0 aliphatic heterocycles. The summed E-state index contributed by atoms with van der Waals surface area (Å²) in [6, 6.07) is 0. The summed E-state index contributed by atoms with van der Waals surface area (Å²) in [5, 5.41) is 0. The van der Waals surface area contributed by atoms with Crippen LogP contribution in [0.4, 0.5) is 0 Å². The van der Waals surface area contributed by atoms with Crippen molar-refractivity contribution in [3.8, 4) is 0 Å².